The van der Waals surface area contributed by atoms with Gasteiger partial charge in [-0.25, -0.2) is 0 Å². The van der Waals surface area contributed by atoms with Crippen LogP contribution in [0.4, 0.5) is 0 Å². The molecule has 0 spiro atoms. The molecule has 0 bridgehead atoms. The molecule has 0 saturated heterocycles. The molecule has 0 fully saturated rings. The zero-order valence-electron chi connectivity index (χ0n) is 11.3. The summed E-state index contributed by atoms with van der Waals surface area (Å²) in [5.41, 5.74) is 3.26. The van der Waals surface area contributed by atoms with Crippen LogP contribution in [0.3, 0.4) is 0 Å². The molecule has 0 aliphatic carbocycles. The molecule has 2 heteroatoms. The normalized spacial score (nSPS) is 10.4. The van der Waals surface area contributed by atoms with Crippen molar-refractivity contribution >= 4 is 17.5 Å². The molecule has 2 rings (SSSR count). The number of carbonyl (C=O) groups is 1. The third-order valence-corrected chi connectivity index (χ3v) is 4.03. The molecule has 0 saturated carbocycles. The van der Waals surface area contributed by atoms with E-state index in [0.29, 0.717) is 6.42 Å². The summed E-state index contributed by atoms with van der Waals surface area (Å²) in [7, 11) is 0. The molecule has 19 heavy (non-hydrogen) atoms. The Morgan fingerprint density at radius 1 is 1.05 bits per heavy atom. The average Bonchev–Trinajstić information content (AvgIpc) is 2.45. The molecule has 1 nitrogen and oxygen atoms in total. The van der Waals surface area contributed by atoms with Gasteiger partial charge in [0.2, 0.25) is 0 Å². The number of thioether (sulfide) groups is 1. The Labute approximate surface area is 119 Å². The monoisotopic (exact) mass is 270 g/mol. The van der Waals surface area contributed by atoms with Crippen molar-refractivity contribution in [2.45, 2.75) is 24.7 Å². The number of hydrogen-bond donors (Lipinski definition) is 0. The molecule has 0 aliphatic rings. The standard InChI is InChI=1S/C17H18OS/c1-13-7-9-14(10-8-13)16(18)12-11-15-5-3-4-6-17(15)19-2/h3-10H,11-12H2,1-2H3. The van der Waals surface area contributed by atoms with Crippen LogP contribution in [0.25, 0.3) is 0 Å². The maximum atomic E-state index is 12.1. The van der Waals surface area contributed by atoms with E-state index >= 15 is 0 Å². The van der Waals surface area contributed by atoms with E-state index in [9.17, 15) is 4.79 Å². The number of rotatable bonds is 5. The highest BCUT2D eigenvalue weighted by atomic mass is 32.2. The number of ketones is 1. The maximum absolute atomic E-state index is 12.1. The zero-order chi connectivity index (χ0) is 13.7. The van der Waals surface area contributed by atoms with Crippen LogP contribution in [0.1, 0.15) is 27.9 Å². The largest absolute Gasteiger partial charge is 0.294 e. The summed E-state index contributed by atoms with van der Waals surface area (Å²) in [5.74, 6) is 0.218. The van der Waals surface area contributed by atoms with Crippen molar-refractivity contribution in [3.63, 3.8) is 0 Å². The minimum Gasteiger partial charge on any atom is -0.294 e. The van der Waals surface area contributed by atoms with Crippen LogP contribution < -0.4 is 0 Å². The van der Waals surface area contributed by atoms with E-state index in [1.807, 2.05) is 43.3 Å². The van der Waals surface area contributed by atoms with Crippen LogP contribution in [-0.4, -0.2) is 12.0 Å². The predicted octanol–water partition coefficient (Wildman–Crippen LogP) is 4.53. The zero-order valence-corrected chi connectivity index (χ0v) is 12.2. The van der Waals surface area contributed by atoms with Gasteiger partial charge in [-0.15, -0.1) is 11.8 Å². The van der Waals surface area contributed by atoms with E-state index in [2.05, 4.69) is 18.4 Å². The van der Waals surface area contributed by atoms with Gasteiger partial charge in [-0.2, -0.15) is 0 Å². The SMILES string of the molecule is CSc1ccccc1CCC(=O)c1ccc(C)cc1. The minimum atomic E-state index is 0.218. The molecular formula is C17H18OS. The van der Waals surface area contributed by atoms with Gasteiger partial charge in [0.15, 0.2) is 5.78 Å². The fourth-order valence-electron chi connectivity index (χ4n) is 2.04. The number of aryl methyl sites for hydroxylation is 2. The molecule has 0 aliphatic heterocycles. The molecule has 0 unspecified atom stereocenters. The smallest absolute Gasteiger partial charge is 0.163 e. The highest BCUT2D eigenvalue weighted by Gasteiger charge is 2.07. The second-order valence-electron chi connectivity index (χ2n) is 4.60. The van der Waals surface area contributed by atoms with Gasteiger partial charge < -0.3 is 0 Å². The van der Waals surface area contributed by atoms with Crippen LogP contribution in [-0.2, 0) is 6.42 Å². The van der Waals surface area contributed by atoms with Crippen LogP contribution in [0.2, 0.25) is 0 Å². The fourth-order valence-corrected chi connectivity index (χ4v) is 2.69. The Morgan fingerprint density at radius 2 is 1.74 bits per heavy atom. The molecule has 0 amide bonds. The minimum absolute atomic E-state index is 0.218. The first-order chi connectivity index (χ1) is 9.20. The Bertz CT molecular complexity index is 558. The summed E-state index contributed by atoms with van der Waals surface area (Å²) in [6, 6.07) is 16.1. The molecule has 98 valence electrons. The first kappa shape index (κ1) is 13.9. The van der Waals surface area contributed by atoms with Gasteiger partial charge in [-0.05, 0) is 31.2 Å². The second-order valence-corrected chi connectivity index (χ2v) is 5.45. The third-order valence-electron chi connectivity index (χ3n) is 3.19. The lowest BCUT2D eigenvalue weighted by atomic mass is 10.0. The van der Waals surface area contributed by atoms with Gasteiger partial charge in [0, 0.05) is 16.9 Å². The van der Waals surface area contributed by atoms with E-state index in [1.165, 1.54) is 16.0 Å². The molecular weight excluding hydrogens is 252 g/mol. The average molecular weight is 270 g/mol. The molecule has 0 heterocycles. The van der Waals surface area contributed by atoms with Gasteiger partial charge in [0.25, 0.3) is 0 Å². The van der Waals surface area contributed by atoms with E-state index in [-0.39, 0.29) is 5.78 Å². The van der Waals surface area contributed by atoms with Gasteiger partial charge >= 0.3 is 0 Å². The molecule has 0 radical (unpaired) electrons. The van der Waals surface area contributed by atoms with Gasteiger partial charge in [0.1, 0.15) is 0 Å². The second kappa shape index (κ2) is 6.58. The van der Waals surface area contributed by atoms with E-state index in [0.717, 1.165) is 12.0 Å². The Morgan fingerprint density at radius 3 is 2.42 bits per heavy atom. The molecule has 2 aromatic rings. The highest BCUT2D eigenvalue weighted by Crippen LogP contribution is 2.21. The summed E-state index contributed by atoms with van der Waals surface area (Å²) in [6.07, 6.45) is 3.45. The lowest BCUT2D eigenvalue weighted by Crippen LogP contribution is -2.01. The topological polar surface area (TPSA) is 17.1 Å². The molecule has 0 N–H and O–H groups in total. The Hall–Kier alpha value is -1.54. The quantitative estimate of drug-likeness (QED) is 0.586. The summed E-state index contributed by atoms with van der Waals surface area (Å²) in [5, 5.41) is 0. The first-order valence-corrected chi connectivity index (χ1v) is 7.65. The van der Waals surface area contributed by atoms with E-state index < -0.39 is 0 Å². The van der Waals surface area contributed by atoms with Gasteiger partial charge in [0.05, 0.1) is 0 Å². The van der Waals surface area contributed by atoms with Crippen molar-refractivity contribution in [2.24, 2.45) is 0 Å². The van der Waals surface area contributed by atoms with Gasteiger partial charge in [-0.1, -0.05) is 48.0 Å². The highest BCUT2D eigenvalue weighted by molar-refractivity contribution is 7.98. The van der Waals surface area contributed by atoms with Crippen LogP contribution in [0.5, 0.6) is 0 Å². The lowest BCUT2D eigenvalue weighted by molar-refractivity contribution is 0.0982. The Balaban J connectivity index is 2.02. The third kappa shape index (κ3) is 3.71. The first-order valence-electron chi connectivity index (χ1n) is 6.42. The number of hydrogen-bond acceptors (Lipinski definition) is 2. The summed E-state index contributed by atoms with van der Waals surface area (Å²) < 4.78 is 0. The molecule has 2 aromatic carbocycles. The van der Waals surface area contributed by atoms with E-state index in [1.54, 1.807) is 11.8 Å². The number of carbonyl (C=O) groups excluding carboxylic acids is 1. The van der Waals surface area contributed by atoms with Crippen molar-refractivity contribution in [1.29, 1.82) is 0 Å². The van der Waals surface area contributed by atoms with Crippen molar-refractivity contribution in [2.75, 3.05) is 6.26 Å². The predicted molar refractivity (Wildman–Crippen MR) is 82.1 cm³/mol. The van der Waals surface area contributed by atoms with Crippen LogP contribution >= 0.6 is 11.8 Å². The molecule has 0 aromatic heterocycles. The maximum Gasteiger partial charge on any atom is 0.163 e. The van der Waals surface area contributed by atoms with Crippen molar-refractivity contribution in [3.05, 3.63) is 65.2 Å². The number of benzene rings is 2. The van der Waals surface area contributed by atoms with E-state index in [4.69, 9.17) is 0 Å². The summed E-state index contributed by atoms with van der Waals surface area (Å²) in [4.78, 5) is 13.4. The summed E-state index contributed by atoms with van der Waals surface area (Å²) >= 11 is 1.73. The number of Topliss-reactive ketones (excluding diaryl/α,β-unsaturated/α-hetero) is 1. The Kier molecular flexibility index (Phi) is 4.80. The molecule has 0 atom stereocenters. The van der Waals surface area contributed by atoms with Crippen molar-refractivity contribution < 1.29 is 4.79 Å². The van der Waals surface area contributed by atoms with Crippen molar-refractivity contribution in [1.82, 2.24) is 0 Å². The van der Waals surface area contributed by atoms with Gasteiger partial charge in [-0.3, -0.25) is 4.79 Å². The summed E-state index contributed by atoms with van der Waals surface area (Å²) in [6.45, 7) is 2.03. The lowest BCUT2D eigenvalue weighted by Gasteiger charge is -2.06. The van der Waals surface area contributed by atoms with Crippen LogP contribution in [0, 0.1) is 6.92 Å². The van der Waals surface area contributed by atoms with Crippen LogP contribution in [0.15, 0.2) is 53.4 Å². The fraction of sp³-hybridized carbons (Fsp3) is 0.235. The van der Waals surface area contributed by atoms with Crippen molar-refractivity contribution in [3.8, 4) is 0 Å².